The summed E-state index contributed by atoms with van der Waals surface area (Å²) in [4.78, 5) is 13.3. The van der Waals surface area contributed by atoms with Gasteiger partial charge in [-0.25, -0.2) is 9.97 Å². The van der Waals surface area contributed by atoms with Gasteiger partial charge in [-0.05, 0) is 23.8 Å². The lowest BCUT2D eigenvalue weighted by Crippen LogP contribution is -2.36. The van der Waals surface area contributed by atoms with Crippen LogP contribution in [0, 0.1) is 0 Å². The smallest absolute Gasteiger partial charge is 0.143 e. The van der Waals surface area contributed by atoms with Crippen LogP contribution in [0.5, 0.6) is 11.5 Å². The first-order valence-corrected chi connectivity index (χ1v) is 9.70. The van der Waals surface area contributed by atoms with Gasteiger partial charge in [0, 0.05) is 38.9 Å². The lowest BCUT2D eigenvalue weighted by molar-refractivity contribution is 0.122. The maximum Gasteiger partial charge on any atom is 0.143 e. The molecule has 0 saturated carbocycles. The molecule has 1 saturated heterocycles. The van der Waals surface area contributed by atoms with Crippen molar-refractivity contribution in [3.8, 4) is 11.5 Å². The Morgan fingerprint density at radius 3 is 2.52 bits per heavy atom. The zero-order valence-electron chi connectivity index (χ0n) is 17.1. The molecule has 4 rings (SSSR count). The summed E-state index contributed by atoms with van der Waals surface area (Å²) in [6, 6.07) is 12.1. The number of aromatic nitrogens is 2. The number of ether oxygens (including phenoxy) is 3. The van der Waals surface area contributed by atoms with Crippen LogP contribution in [0.3, 0.4) is 0 Å². The van der Waals surface area contributed by atoms with Crippen LogP contribution in [0.1, 0.15) is 5.56 Å². The number of methoxy groups -OCH3 is 1. The number of anilines is 2. The molecule has 1 aliphatic heterocycles. The molecule has 0 aliphatic carbocycles. The second-order valence-electron chi connectivity index (χ2n) is 7.17. The zero-order chi connectivity index (χ0) is 20.2. The summed E-state index contributed by atoms with van der Waals surface area (Å²) in [7, 11) is 5.62. The molecule has 1 fully saturated rings. The highest BCUT2D eigenvalue weighted by molar-refractivity contribution is 5.97. The Morgan fingerprint density at radius 1 is 1.07 bits per heavy atom. The molecular formula is C22H26N4O3. The first kappa shape index (κ1) is 19.3. The quantitative estimate of drug-likeness (QED) is 0.637. The van der Waals surface area contributed by atoms with Gasteiger partial charge in [0.15, 0.2) is 0 Å². The summed E-state index contributed by atoms with van der Waals surface area (Å²) < 4.78 is 17.0. The molecule has 3 aromatic rings. The highest BCUT2D eigenvalue weighted by Crippen LogP contribution is 2.36. The number of fused-ring (bicyclic) bond motifs is 1. The summed E-state index contributed by atoms with van der Waals surface area (Å²) in [5, 5.41) is 0.919. The highest BCUT2D eigenvalue weighted by Gasteiger charge is 2.18. The monoisotopic (exact) mass is 394 g/mol. The van der Waals surface area contributed by atoms with Crippen molar-refractivity contribution in [2.75, 3.05) is 57.3 Å². The van der Waals surface area contributed by atoms with E-state index >= 15 is 0 Å². The van der Waals surface area contributed by atoms with Crippen LogP contribution in [-0.4, -0.2) is 57.5 Å². The van der Waals surface area contributed by atoms with Crippen LogP contribution in [-0.2, 0) is 11.3 Å². The van der Waals surface area contributed by atoms with Crippen molar-refractivity contribution < 1.29 is 14.2 Å². The van der Waals surface area contributed by atoms with Gasteiger partial charge in [0.1, 0.15) is 30.3 Å². The fourth-order valence-corrected chi connectivity index (χ4v) is 3.46. The predicted molar refractivity (Wildman–Crippen MR) is 114 cm³/mol. The Hall–Kier alpha value is -3.06. The van der Waals surface area contributed by atoms with Gasteiger partial charge < -0.3 is 24.0 Å². The Morgan fingerprint density at radius 2 is 1.83 bits per heavy atom. The Balaban J connectivity index is 1.71. The first-order valence-electron chi connectivity index (χ1n) is 9.70. The van der Waals surface area contributed by atoms with Crippen LogP contribution in [0.15, 0.2) is 42.7 Å². The lowest BCUT2D eigenvalue weighted by atomic mass is 10.1. The molecule has 0 atom stereocenters. The molecule has 2 aromatic carbocycles. The van der Waals surface area contributed by atoms with Crippen molar-refractivity contribution in [3.63, 3.8) is 0 Å². The van der Waals surface area contributed by atoms with E-state index in [1.54, 1.807) is 13.4 Å². The summed E-state index contributed by atoms with van der Waals surface area (Å²) in [5.74, 6) is 2.45. The van der Waals surface area contributed by atoms with Gasteiger partial charge in [-0.15, -0.1) is 0 Å². The molecular weight excluding hydrogens is 368 g/mol. The molecule has 0 unspecified atom stereocenters. The number of hydrogen-bond donors (Lipinski definition) is 0. The zero-order valence-corrected chi connectivity index (χ0v) is 17.1. The standard InChI is InChI=1S/C22H26N4O3/c1-25(2)22-21-19(23-15-24-22)12-17(26-8-10-28-11-9-26)13-20(21)29-14-16-4-6-18(27-3)7-5-16/h4-7,12-13,15H,8-11,14H2,1-3H3. The van der Waals surface area contributed by atoms with E-state index in [0.717, 1.165) is 65.8 Å². The van der Waals surface area contributed by atoms with Gasteiger partial charge >= 0.3 is 0 Å². The first-order chi connectivity index (χ1) is 14.2. The van der Waals surface area contributed by atoms with E-state index in [-0.39, 0.29) is 0 Å². The van der Waals surface area contributed by atoms with Gasteiger partial charge in [-0.2, -0.15) is 0 Å². The van der Waals surface area contributed by atoms with Gasteiger partial charge in [-0.3, -0.25) is 0 Å². The van der Waals surface area contributed by atoms with Crippen LogP contribution >= 0.6 is 0 Å². The van der Waals surface area contributed by atoms with E-state index in [9.17, 15) is 0 Å². The molecule has 0 N–H and O–H groups in total. The molecule has 0 amide bonds. The largest absolute Gasteiger partial charge is 0.497 e. The molecule has 0 bridgehead atoms. The van der Waals surface area contributed by atoms with Crippen molar-refractivity contribution in [1.82, 2.24) is 9.97 Å². The molecule has 1 aliphatic rings. The summed E-state index contributed by atoms with van der Waals surface area (Å²) in [6.07, 6.45) is 1.61. The molecule has 2 heterocycles. The van der Waals surface area contributed by atoms with Crippen LogP contribution in [0.2, 0.25) is 0 Å². The van der Waals surface area contributed by atoms with Gasteiger partial charge in [-0.1, -0.05) is 12.1 Å². The Kier molecular flexibility index (Phi) is 5.67. The normalized spacial score (nSPS) is 14.1. The third-order valence-electron chi connectivity index (χ3n) is 5.02. The van der Waals surface area contributed by atoms with E-state index in [4.69, 9.17) is 14.2 Å². The molecule has 7 nitrogen and oxygen atoms in total. The minimum atomic E-state index is 0.452. The van der Waals surface area contributed by atoms with Crippen LogP contribution in [0.4, 0.5) is 11.5 Å². The summed E-state index contributed by atoms with van der Waals surface area (Å²) in [5.41, 5.74) is 3.03. The van der Waals surface area contributed by atoms with E-state index in [2.05, 4.69) is 27.0 Å². The topological polar surface area (TPSA) is 60.0 Å². The fourth-order valence-electron chi connectivity index (χ4n) is 3.46. The lowest BCUT2D eigenvalue weighted by Gasteiger charge is -2.29. The van der Waals surface area contributed by atoms with Gasteiger partial charge in [0.05, 0.1) is 31.2 Å². The third kappa shape index (κ3) is 4.19. The molecule has 0 radical (unpaired) electrons. The van der Waals surface area contributed by atoms with Crippen LogP contribution in [0.25, 0.3) is 10.9 Å². The number of benzene rings is 2. The van der Waals surface area contributed by atoms with Crippen molar-refractivity contribution >= 4 is 22.4 Å². The highest BCUT2D eigenvalue weighted by atomic mass is 16.5. The van der Waals surface area contributed by atoms with Gasteiger partial charge in [0.2, 0.25) is 0 Å². The molecule has 1 aromatic heterocycles. The number of rotatable bonds is 6. The van der Waals surface area contributed by atoms with Crippen LogP contribution < -0.4 is 19.3 Å². The second kappa shape index (κ2) is 8.53. The maximum absolute atomic E-state index is 6.30. The SMILES string of the molecule is COc1ccc(COc2cc(N3CCOCC3)cc3ncnc(N(C)C)c23)cc1. The van der Waals surface area contributed by atoms with E-state index in [0.29, 0.717) is 6.61 Å². The average Bonchev–Trinajstić information content (AvgIpc) is 2.77. The summed E-state index contributed by atoms with van der Waals surface area (Å²) in [6.45, 7) is 3.62. The maximum atomic E-state index is 6.30. The minimum Gasteiger partial charge on any atom is -0.497 e. The molecule has 29 heavy (non-hydrogen) atoms. The minimum absolute atomic E-state index is 0.452. The average molecular weight is 394 g/mol. The van der Waals surface area contributed by atoms with E-state index in [1.807, 2.05) is 43.3 Å². The fraction of sp³-hybridized carbons (Fsp3) is 0.364. The molecule has 152 valence electrons. The van der Waals surface area contributed by atoms with Crippen molar-refractivity contribution in [2.24, 2.45) is 0 Å². The number of nitrogens with zero attached hydrogens (tertiary/aromatic N) is 4. The third-order valence-corrected chi connectivity index (χ3v) is 5.02. The van der Waals surface area contributed by atoms with Crippen molar-refractivity contribution in [1.29, 1.82) is 0 Å². The van der Waals surface area contributed by atoms with E-state index < -0.39 is 0 Å². The molecule has 7 heteroatoms. The van der Waals surface area contributed by atoms with Crippen molar-refractivity contribution in [3.05, 3.63) is 48.3 Å². The summed E-state index contributed by atoms with van der Waals surface area (Å²) >= 11 is 0. The number of hydrogen-bond acceptors (Lipinski definition) is 7. The number of morpholine rings is 1. The Bertz CT molecular complexity index is 970. The second-order valence-corrected chi connectivity index (χ2v) is 7.17. The van der Waals surface area contributed by atoms with Gasteiger partial charge in [0.25, 0.3) is 0 Å². The Labute approximate surface area is 170 Å². The molecule has 0 spiro atoms. The predicted octanol–water partition coefficient (Wildman–Crippen LogP) is 3.12. The van der Waals surface area contributed by atoms with Crippen molar-refractivity contribution in [2.45, 2.75) is 6.61 Å². The van der Waals surface area contributed by atoms with E-state index in [1.165, 1.54) is 0 Å².